The summed E-state index contributed by atoms with van der Waals surface area (Å²) in [5.74, 6) is 0.000807. The molecule has 1 unspecified atom stereocenters. The third kappa shape index (κ3) is 3.39. The van der Waals surface area contributed by atoms with E-state index in [4.69, 9.17) is 4.74 Å². The standard InChI is InChI=1S/C18H25FN2O3/c1-20(18(23)15-7-6-14(24-2)8-16(15)19)17(12-4-3-5-12)11-21-9-13(22)10-21/h6-8,12-13,17,22H,3-5,9-11H2,1-2H3. The second kappa shape index (κ2) is 7.07. The summed E-state index contributed by atoms with van der Waals surface area (Å²) < 4.78 is 19.2. The number of carbonyl (C=O) groups excluding carboxylic acids is 1. The Morgan fingerprint density at radius 3 is 2.67 bits per heavy atom. The van der Waals surface area contributed by atoms with Crippen LogP contribution in [0.3, 0.4) is 0 Å². The van der Waals surface area contributed by atoms with Crippen LogP contribution in [0.4, 0.5) is 4.39 Å². The topological polar surface area (TPSA) is 53.0 Å². The molecule has 1 atom stereocenters. The van der Waals surface area contributed by atoms with Gasteiger partial charge in [-0.15, -0.1) is 0 Å². The van der Waals surface area contributed by atoms with Crippen molar-refractivity contribution in [3.63, 3.8) is 0 Å². The number of rotatable bonds is 6. The lowest BCUT2D eigenvalue weighted by Gasteiger charge is -2.45. The third-order valence-corrected chi connectivity index (χ3v) is 5.30. The highest BCUT2D eigenvalue weighted by atomic mass is 19.1. The Morgan fingerprint density at radius 1 is 1.46 bits per heavy atom. The van der Waals surface area contributed by atoms with Crippen molar-refractivity contribution in [2.75, 3.05) is 33.8 Å². The summed E-state index contributed by atoms with van der Waals surface area (Å²) >= 11 is 0. The molecular formula is C18H25FN2O3. The van der Waals surface area contributed by atoms with Gasteiger partial charge in [-0.2, -0.15) is 0 Å². The van der Waals surface area contributed by atoms with Crippen molar-refractivity contribution in [3.05, 3.63) is 29.6 Å². The van der Waals surface area contributed by atoms with E-state index in [1.54, 1.807) is 18.0 Å². The molecule has 0 radical (unpaired) electrons. The number of halogens is 1. The van der Waals surface area contributed by atoms with Crippen molar-refractivity contribution in [1.82, 2.24) is 9.80 Å². The molecule has 1 aromatic rings. The van der Waals surface area contributed by atoms with Gasteiger partial charge in [-0.05, 0) is 30.9 Å². The number of nitrogens with zero attached hydrogens (tertiary/aromatic N) is 2. The van der Waals surface area contributed by atoms with E-state index in [-0.39, 0.29) is 23.6 Å². The summed E-state index contributed by atoms with van der Waals surface area (Å²) in [5, 5.41) is 9.47. The Balaban J connectivity index is 1.73. The summed E-state index contributed by atoms with van der Waals surface area (Å²) in [6.45, 7) is 2.05. The number of ether oxygens (including phenoxy) is 1. The summed E-state index contributed by atoms with van der Waals surface area (Å²) in [6, 6.07) is 4.39. The molecule has 132 valence electrons. The molecule has 1 heterocycles. The van der Waals surface area contributed by atoms with E-state index in [0.717, 1.165) is 19.4 Å². The Bertz CT molecular complexity index is 600. The van der Waals surface area contributed by atoms with E-state index in [1.165, 1.54) is 25.7 Å². The van der Waals surface area contributed by atoms with Crippen LogP contribution in [0.25, 0.3) is 0 Å². The summed E-state index contributed by atoms with van der Waals surface area (Å²) in [5.41, 5.74) is 0.0752. The molecular weight excluding hydrogens is 311 g/mol. The number of hydrogen-bond acceptors (Lipinski definition) is 4. The lowest BCUT2D eigenvalue weighted by atomic mass is 9.78. The first-order chi connectivity index (χ1) is 11.5. The summed E-state index contributed by atoms with van der Waals surface area (Å²) in [6.07, 6.45) is 3.13. The zero-order valence-electron chi connectivity index (χ0n) is 14.2. The number of aliphatic hydroxyl groups is 1. The van der Waals surface area contributed by atoms with Gasteiger partial charge in [0.1, 0.15) is 11.6 Å². The number of carbonyl (C=O) groups is 1. The van der Waals surface area contributed by atoms with Crippen molar-refractivity contribution in [3.8, 4) is 5.75 Å². The zero-order chi connectivity index (χ0) is 17.3. The quantitative estimate of drug-likeness (QED) is 0.860. The lowest BCUT2D eigenvalue weighted by molar-refractivity contribution is -0.0224. The van der Waals surface area contributed by atoms with E-state index in [2.05, 4.69) is 4.90 Å². The Labute approximate surface area is 142 Å². The Morgan fingerprint density at radius 2 is 2.17 bits per heavy atom. The first kappa shape index (κ1) is 17.2. The molecule has 1 aromatic carbocycles. The monoisotopic (exact) mass is 336 g/mol. The van der Waals surface area contributed by atoms with Gasteiger partial charge in [0.15, 0.2) is 0 Å². The van der Waals surface area contributed by atoms with Crippen LogP contribution in [-0.2, 0) is 0 Å². The van der Waals surface area contributed by atoms with Crippen molar-refractivity contribution in [2.24, 2.45) is 5.92 Å². The highest BCUT2D eigenvalue weighted by molar-refractivity contribution is 5.94. The molecule has 3 rings (SSSR count). The van der Waals surface area contributed by atoms with Gasteiger partial charge in [-0.1, -0.05) is 6.42 Å². The number of likely N-dealkylation sites (tertiary alicyclic amines) is 1. The molecule has 0 spiro atoms. The van der Waals surface area contributed by atoms with Gasteiger partial charge in [0.2, 0.25) is 0 Å². The Hall–Kier alpha value is -1.66. The maximum absolute atomic E-state index is 14.2. The van der Waals surface area contributed by atoms with E-state index in [1.807, 2.05) is 0 Å². The second-order valence-corrected chi connectivity index (χ2v) is 6.89. The van der Waals surface area contributed by atoms with Gasteiger partial charge in [0.05, 0.1) is 18.8 Å². The fraction of sp³-hybridized carbons (Fsp3) is 0.611. The summed E-state index contributed by atoms with van der Waals surface area (Å²) in [4.78, 5) is 16.6. The minimum Gasteiger partial charge on any atom is -0.497 e. The minimum atomic E-state index is -0.557. The Kier molecular flexibility index (Phi) is 5.06. The van der Waals surface area contributed by atoms with Crippen LogP contribution in [0, 0.1) is 11.7 Å². The van der Waals surface area contributed by atoms with E-state index >= 15 is 0 Å². The van der Waals surface area contributed by atoms with Crippen LogP contribution in [0.1, 0.15) is 29.6 Å². The fourth-order valence-corrected chi connectivity index (χ4v) is 3.51. The predicted octanol–water partition coefficient (Wildman–Crippen LogP) is 1.75. The molecule has 5 nitrogen and oxygen atoms in total. The predicted molar refractivity (Wildman–Crippen MR) is 88.6 cm³/mol. The number of β-amino-alcohol motifs (C(OH)–C–C–N with tert-alkyl or cyclic N) is 1. The van der Waals surface area contributed by atoms with Gasteiger partial charge >= 0.3 is 0 Å². The summed E-state index contributed by atoms with van der Waals surface area (Å²) in [7, 11) is 3.22. The highest BCUT2D eigenvalue weighted by Gasteiger charge is 2.37. The van der Waals surface area contributed by atoms with Gasteiger partial charge in [0, 0.05) is 38.8 Å². The number of aliphatic hydroxyl groups excluding tert-OH is 1. The molecule has 24 heavy (non-hydrogen) atoms. The van der Waals surface area contributed by atoms with Gasteiger partial charge in [-0.3, -0.25) is 9.69 Å². The van der Waals surface area contributed by atoms with Crippen LogP contribution >= 0.6 is 0 Å². The maximum atomic E-state index is 14.2. The highest BCUT2D eigenvalue weighted by Crippen LogP contribution is 2.33. The molecule has 1 saturated heterocycles. The minimum absolute atomic E-state index is 0.0558. The van der Waals surface area contributed by atoms with Crippen molar-refractivity contribution in [2.45, 2.75) is 31.4 Å². The molecule has 1 amide bonds. The van der Waals surface area contributed by atoms with Crippen LogP contribution in [0.5, 0.6) is 5.75 Å². The van der Waals surface area contributed by atoms with Crippen LogP contribution in [0.2, 0.25) is 0 Å². The van der Waals surface area contributed by atoms with Crippen LogP contribution in [-0.4, -0.2) is 66.8 Å². The molecule has 6 heteroatoms. The van der Waals surface area contributed by atoms with Gasteiger partial charge < -0.3 is 14.7 Å². The number of hydrogen-bond donors (Lipinski definition) is 1. The average molecular weight is 336 g/mol. The molecule has 0 aromatic heterocycles. The molecule has 2 aliphatic rings. The molecule has 2 fully saturated rings. The van der Waals surface area contributed by atoms with Gasteiger partial charge in [0.25, 0.3) is 5.91 Å². The fourth-order valence-electron chi connectivity index (χ4n) is 3.51. The first-order valence-electron chi connectivity index (χ1n) is 8.50. The van der Waals surface area contributed by atoms with E-state index in [9.17, 15) is 14.3 Å². The first-order valence-corrected chi connectivity index (χ1v) is 8.50. The van der Waals surface area contributed by atoms with Gasteiger partial charge in [-0.25, -0.2) is 4.39 Å². The van der Waals surface area contributed by atoms with Crippen molar-refractivity contribution in [1.29, 1.82) is 0 Å². The molecule has 1 aliphatic carbocycles. The molecule has 1 aliphatic heterocycles. The number of likely N-dealkylation sites (N-methyl/N-ethyl adjacent to an activating group) is 1. The number of benzene rings is 1. The smallest absolute Gasteiger partial charge is 0.256 e. The van der Waals surface area contributed by atoms with E-state index in [0.29, 0.717) is 24.8 Å². The number of methoxy groups -OCH3 is 1. The molecule has 1 N–H and O–H groups in total. The maximum Gasteiger partial charge on any atom is 0.256 e. The molecule has 1 saturated carbocycles. The average Bonchev–Trinajstić information content (AvgIpc) is 2.49. The van der Waals surface area contributed by atoms with Crippen LogP contribution < -0.4 is 4.74 Å². The lowest BCUT2D eigenvalue weighted by Crippen LogP contribution is -2.58. The normalized spacial score (nSPS) is 20.2. The second-order valence-electron chi connectivity index (χ2n) is 6.89. The van der Waals surface area contributed by atoms with Crippen molar-refractivity contribution < 1.29 is 19.0 Å². The van der Waals surface area contributed by atoms with Crippen molar-refractivity contribution >= 4 is 5.91 Å². The molecule has 0 bridgehead atoms. The largest absolute Gasteiger partial charge is 0.497 e. The SMILES string of the molecule is COc1ccc(C(=O)N(C)C(CN2CC(O)C2)C2CCC2)c(F)c1. The van der Waals surface area contributed by atoms with Crippen LogP contribution in [0.15, 0.2) is 18.2 Å². The van der Waals surface area contributed by atoms with E-state index < -0.39 is 5.82 Å². The number of amides is 1. The zero-order valence-corrected chi connectivity index (χ0v) is 14.2. The third-order valence-electron chi connectivity index (χ3n) is 5.30.